The molecule has 0 radical (unpaired) electrons. The number of pyridine rings is 1. The van der Waals surface area contributed by atoms with Crippen LogP contribution in [0.25, 0.3) is 16.7 Å². The fourth-order valence-electron chi connectivity index (χ4n) is 5.52. The zero-order valence-corrected chi connectivity index (χ0v) is 23.9. The summed E-state index contributed by atoms with van der Waals surface area (Å²) in [6, 6.07) is 12.1. The molecule has 206 valence electrons. The van der Waals surface area contributed by atoms with Gasteiger partial charge in [-0.1, -0.05) is 19.1 Å². The van der Waals surface area contributed by atoms with E-state index in [1.54, 1.807) is 19.1 Å². The molecule has 1 aromatic carbocycles. The van der Waals surface area contributed by atoms with Gasteiger partial charge in [-0.15, -0.1) is 0 Å². The molecule has 1 aliphatic rings. The molecule has 1 aliphatic heterocycles. The molecule has 4 heterocycles. The molecule has 0 saturated carbocycles. The molecule has 0 spiro atoms. The first-order valence-electron chi connectivity index (χ1n) is 12.8. The van der Waals surface area contributed by atoms with Crippen LogP contribution in [0.1, 0.15) is 24.9 Å². The number of quaternary nitrogens is 2. The lowest BCUT2D eigenvalue weighted by Gasteiger charge is -2.30. The summed E-state index contributed by atoms with van der Waals surface area (Å²) in [5.41, 5.74) is 4.15. The first kappa shape index (κ1) is 29.7. The second kappa shape index (κ2) is 12.8. The molecule has 0 atom stereocenters. The maximum Gasteiger partial charge on any atom is 0.277 e. The van der Waals surface area contributed by atoms with Gasteiger partial charge < -0.3 is 43.8 Å². The van der Waals surface area contributed by atoms with Crippen molar-refractivity contribution < 1.29 is 44.1 Å². The van der Waals surface area contributed by atoms with E-state index < -0.39 is 0 Å². The van der Waals surface area contributed by atoms with Gasteiger partial charge in [-0.05, 0) is 19.1 Å². The van der Waals surface area contributed by atoms with Gasteiger partial charge in [0.25, 0.3) is 5.56 Å². The molecule has 4 aromatic rings. The molecule has 0 unspecified atom stereocenters. The summed E-state index contributed by atoms with van der Waals surface area (Å²) in [6.07, 6.45) is 1.64. The van der Waals surface area contributed by atoms with Crippen molar-refractivity contribution in [2.24, 2.45) is 0 Å². The van der Waals surface area contributed by atoms with Crippen molar-refractivity contribution in [3.05, 3.63) is 58.3 Å². The Bertz CT molecular complexity index is 1450. The van der Waals surface area contributed by atoms with Crippen LogP contribution < -0.4 is 49.6 Å². The third-order valence-electron chi connectivity index (χ3n) is 7.39. The van der Waals surface area contributed by atoms with Crippen molar-refractivity contribution in [1.82, 2.24) is 18.9 Å². The Hall–Kier alpha value is -2.85. The highest BCUT2D eigenvalue weighted by molar-refractivity contribution is 5.77. The van der Waals surface area contributed by atoms with Gasteiger partial charge in [0.05, 0.1) is 32.0 Å². The monoisotopic (exact) mass is 562 g/mol. The highest BCUT2D eigenvalue weighted by atomic mass is 35.5. The molecular formula is C27H36Cl2N6O3. The lowest BCUT2D eigenvalue weighted by molar-refractivity contribution is -0.986. The minimum atomic E-state index is -0.000367. The highest BCUT2D eigenvalue weighted by Crippen LogP contribution is 2.21. The van der Waals surface area contributed by atoms with Gasteiger partial charge in [0, 0.05) is 31.5 Å². The average Bonchev–Trinajstić information content (AvgIpc) is 3.27. The molecule has 1 saturated heterocycles. The SMILES string of the molecule is CCc1nc(C)c2c(=O)n(CCC[NH+]3CC[NH+](c4ccccc4OC)CC3)c3ccc(OC)nc3n12.[Cl-].[Cl-]. The summed E-state index contributed by atoms with van der Waals surface area (Å²) < 4.78 is 14.8. The number of para-hydroxylation sites is 2. The van der Waals surface area contributed by atoms with Crippen LogP contribution in [0.4, 0.5) is 5.69 Å². The predicted molar refractivity (Wildman–Crippen MR) is 139 cm³/mol. The van der Waals surface area contributed by atoms with Crippen LogP contribution in [0.2, 0.25) is 0 Å². The number of benzene rings is 1. The van der Waals surface area contributed by atoms with Gasteiger partial charge in [0.15, 0.2) is 17.1 Å². The van der Waals surface area contributed by atoms with E-state index >= 15 is 0 Å². The van der Waals surface area contributed by atoms with E-state index in [9.17, 15) is 4.79 Å². The van der Waals surface area contributed by atoms with Crippen LogP contribution in [0.15, 0.2) is 41.2 Å². The third-order valence-corrected chi connectivity index (χ3v) is 7.39. The van der Waals surface area contributed by atoms with Crippen molar-refractivity contribution in [2.45, 2.75) is 33.2 Å². The summed E-state index contributed by atoms with van der Waals surface area (Å²) in [5, 5.41) is 0. The molecule has 0 aliphatic carbocycles. The van der Waals surface area contributed by atoms with Crippen LogP contribution in [-0.2, 0) is 13.0 Å². The lowest BCUT2D eigenvalue weighted by atomic mass is 10.2. The highest BCUT2D eigenvalue weighted by Gasteiger charge is 2.26. The van der Waals surface area contributed by atoms with E-state index in [1.165, 1.54) is 10.6 Å². The number of aromatic nitrogens is 4. The van der Waals surface area contributed by atoms with E-state index in [0.29, 0.717) is 17.9 Å². The summed E-state index contributed by atoms with van der Waals surface area (Å²) in [6.45, 7) is 9.97. The normalized spacial score (nSPS) is 17.2. The molecule has 0 bridgehead atoms. The standard InChI is InChI=1S/C27H34N6O3.2ClH/c1-5-23-28-19(2)25-27(34)32(21-11-12-24(36-4)29-26(21)33(23)25)14-8-13-30-15-17-31(18-16-30)20-9-6-7-10-22(20)35-3;;/h6-7,9-12H,5,8,13-18H2,1-4H3;2*1H. The summed E-state index contributed by atoms with van der Waals surface area (Å²) >= 11 is 0. The minimum absolute atomic E-state index is 0. The second-order valence-electron chi connectivity index (χ2n) is 9.46. The molecule has 1 fully saturated rings. The number of ether oxygens (including phenoxy) is 2. The Kier molecular flexibility index (Phi) is 10.0. The van der Waals surface area contributed by atoms with E-state index in [0.717, 1.165) is 74.0 Å². The van der Waals surface area contributed by atoms with Gasteiger partial charge in [0.2, 0.25) is 5.88 Å². The molecule has 11 heteroatoms. The number of hydrogen-bond donors (Lipinski definition) is 2. The Morgan fingerprint density at radius 1 is 0.974 bits per heavy atom. The third kappa shape index (κ3) is 5.47. The average molecular weight is 564 g/mol. The van der Waals surface area contributed by atoms with Crippen molar-refractivity contribution in [3.63, 3.8) is 0 Å². The topological polar surface area (TPSA) is 79.5 Å². The zero-order valence-electron chi connectivity index (χ0n) is 22.4. The number of fused-ring (bicyclic) bond motifs is 3. The van der Waals surface area contributed by atoms with Crippen molar-refractivity contribution in [3.8, 4) is 11.6 Å². The summed E-state index contributed by atoms with van der Waals surface area (Å²) in [7, 11) is 3.35. The fourth-order valence-corrected chi connectivity index (χ4v) is 5.52. The van der Waals surface area contributed by atoms with Crippen molar-refractivity contribution >= 4 is 22.4 Å². The lowest BCUT2D eigenvalue weighted by Crippen LogP contribution is -3.26. The van der Waals surface area contributed by atoms with Crippen LogP contribution >= 0.6 is 0 Å². The molecule has 3 aromatic heterocycles. The molecular weight excluding hydrogens is 527 g/mol. The molecule has 5 rings (SSSR count). The fraction of sp³-hybridized carbons (Fsp3) is 0.444. The first-order valence-corrected chi connectivity index (χ1v) is 12.8. The number of piperazine rings is 1. The molecule has 2 N–H and O–H groups in total. The minimum Gasteiger partial charge on any atom is -1.00 e. The maximum absolute atomic E-state index is 13.6. The van der Waals surface area contributed by atoms with E-state index in [-0.39, 0.29) is 30.4 Å². The number of rotatable bonds is 8. The smallest absolute Gasteiger partial charge is 0.277 e. The second-order valence-corrected chi connectivity index (χ2v) is 9.46. The largest absolute Gasteiger partial charge is 1.00 e. The number of aryl methyl sites for hydroxylation is 3. The molecule has 38 heavy (non-hydrogen) atoms. The van der Waals surface area contributed by atoms with Gasteiger partial charge in [-0.25, -0.2) is 4.98 Å². The number of nitrogens with zero attached hydrogens (tertiary/aromatic N) is 4. The van der Waals surface area contributed by atoms with Crippen LogP contribution in [-0.4, -0.2) is 65.9 Å². The Morgan fingerprint density at radius 3 is 2.39 bits per heavy atom. The van der Waals surface area contributed by atoms with Gasteiger partial charge in [-0.3, -0.25) is 14.1 Å². The van der Waals surface area contributed by atoms with Crippen LogP contribution in [0.3, 0.4) is 0 Å². The Labute approximate surface area is 235 Å². The number of nitrogens with one attached hydrogen (secondary N) is 2. The molecule has 0 amide bonds. The van der Waals surface area contributed by atoms with E-state index in [2.05, 4.69) is 17.1 Å². The van der Waals surface area contributed by atoms with E-state index in [1.807, 2.05) is 47.1 Å². The van der Waals surface area contributed by atoms with Gasteiger partial charge >= 0.3 is 0 Å². The number of imidazole rings is 1. The number of methoxy groups -OCH3 is 2. The summed E-state index contributed by atoms with van der Waals surface area (Å²) in [4.78, 5) is 26.1. The predicted octanol–water partition coefficient (Wildman–Crippen LogP) is -5.55. The van der Waals surface area contributed by atoms with Crippen molar-refractivity contribution in [2.75, 3.05) is 46.9 Å². The van der Waals surface area contributed by atoms with Crippen molar-refractivity contribution in [1.29, 1.82) is 0 Å². The van der Waals surface area contributed by atoms with Crippen LogP contribution in [0.5, 0.6) is 11.6 Å². The number of halogens is 2. The summed E-state index contributed by atoms with van der Waals surface area (Å²) in [5.74, 6) is 2.34. The van der Waals surface area contributed by atoms with E-state index in [4.69, 9.17) is 14.5 Å². The Morgan fingerprint density at radius 2 is 1.71 bits per heavy atom. The number of hydrogen-bond acceptors (Lipinski definition) is 5. The Balaban J connectivity index is 0.00000200. The maximum atomic E-state index is 13.6. The molecule has 9 nitrogen and oxygen atoms in total. The quantitative estimate of drug-likeness (QED) is 0.224. The van der Waals surface area contributed by atoms with Gasteiger partial charge in [-0.2, -0.15) is 4.98 Å². The van der Waals surface area contributed by atoms with Crippen LogP contribution in [0, 0.1) is 6.92 Å². The first-order chi connectivity index (χ1) is 17.5. The van der Waals surface area contributed by atoms with Gasteiger partial charge in [0.1, 0.15) is 37.5 Å². The zero-order chi connectivity index (χ0) is 25.2.